The predicted molar refractivity (Wildman–Crippen MR) is 91.6 cm³/mol. The Kier molecular flexibility index (Phi) is 4.88. The van der Waals surface area contributed by atoms with Gasteiger partial charge in [-0.25, -0.2) is 23.6 Å². The highest BCUT2D eigenvalue weighted by atomic mass is 32.2. The normalized spacial score (nSPS) is 25.4. The Morgan fingerprint density at radius 3 is 2.36 bits per heavy atom. The molecule has 1 aromatic rings. The van der Waals surface area contributed by atoms with Crippen LogP contribution in [0, 0.1) is 0 Å². The Labute approximate surface area is 158 Å². The molecule has 1 fully saturated rings. The number of benzene rings is 1. The molecule has 3 rings (SSSR count). The Morgan fingerprint density at radius 1 is 1.21 bits per heavy atom. The molecule has 3 atom stereocenters. The number of alkyl halides is 3. The second-order valence-corrected chi connectivity index (χ2v) is 8.30. The zero-order chi connectivity index (χ0) is 20.9. The maximum absolute atomic E-state index is 13.6. The molecule has 3 N–H and O–H groups in total. The van der Waals surface area contributed by atoms with Crippen LogP contribution in [0.15, 0.2) is 41.6 Å². The molecule has 2 aliphatic heterocycles. The van der Waals surface area contributed by atoms with E-state index in [-0.39, 0.29) is 5.70 Å². The average Bonchev–Trinajstić information content (AvgIpc) is 2.93. The number of halogens is 3. The molecule has 28 heavy (non-hydrogen) atoms. The van der Waals surface area contributed by atoms with E-state index in [0.717, 1.165) is 6.26 Å². The van der Waals surface area contributed by atoms with E-state index in [1.54, 1.807) is 22.9 Å². The van der Waals surface area contributed by atoms with E-state index < -0.39 is 51.7 Å². The van der Waals surface area contributed by atoms with Gasteiger partial charge >= 0.3 is 6.18 Å². The van der Waals surface area contributed by atoms with Crippen molar-refractivity contribution in [3.05, 3.63) is 47.2 Å². The summed E-state index contributed by atoms with van der Waals surface area (Å²) in [5.41, 5.74) is 1.89. The molecule has 0 aliphatic carbocycles. The van der Waals surface area contributed by atoms with Crippen molar-refractivity contribution in [2.45, 2.75) is 31.2 Å². The molecule has 8 nitrogen and oxygen atoms in total. The number of fused-ring (bicyclic) bond motifs is 1. The van der Waals surface area contributed by atoms with Gasteiger partial charge in [0.05, 0.1) is 12.2 Å². The van der Waals surface area contributed by atoms with Gasteiger partial charge in [-0.15, -0.1) is 0 Å². The van der Waals surface area contributed by atoms with Crippen molar-refractivity contribution in [1.82, 2.24) is 20.5 Å². The number of rotatable bonds is 3. The van der Waals surface area contributed by atoms with E-state index in [0.29, 0.717) is 10.6 Å². The van der Waals surface area contributed by atoms with Crippen molar-refractivity contribution in [2.24, 2.45) is 0 Å². The van der Waals surface area contributed by atoms with Gasteiger partial charge in [-0.3, -0.25) is 9.59 Å². The van der Waals surface area contributed by atoms with Crippen LogP contribution < -0.4 is 15.5 Å². The number of nitrogens with zero attached hydrogens (tertiary/aromatic N) is 1. The Hall–Kier alpha value is -2.60. The van der Waals surface area contributed by atoms with Crippen molar-refractivity contribution >= 4 is 21.8 Å². The van der Waals surface area contributed by atoms with Gasteiger partial charge in [-0.1, -0.05) is 30.3 Å². The number of nitrogens with one attached hydrogen (secondary N) is 3. The first-order valence-electron chi connectivity index (χ1n) is 8.11. The molecule has 3 unspecified atom stereocenters. The minimum atomic E-state index is -4.68. The molecule has 0 spiro atoms. The third-order valence-corrected chi connectivity index (χ3v) is 5.03. The second-order valence-electron chi connectivity index (χ2n) is 6.55. The van der Waals surface area contributed by atoms with E-state index in [2.05, 4.69) is 10.7 Å². The van der Waals surface area contributed by atoms with Crippen LogP contribution in [-0.2, 0) is 19.6 Å². The number of carbonyl (C=O) groups is 2. The van der Waals surface area contributed by atoms with Crippen LogP contribution in [0.5, 0.6) is 0 Å². The Morgan fingerprint density at radius 2 is 1.82 bits per heavy atom. The SMILES string of the molecule is CC1=C(C(=O)NS(C)(=O)=O)C(=O)N2NC(C(F)(F)F)C(c3ccccc3)C2N1. The topological polar surface area (TPSA) is 108 Å². The van der Waals surface area contributed by atoms with E-state index in [1.807, 2.05) is 0 Å². The van der Waals surface area contributed by atoms with E-state index >= 15 is 0 Å². The lowest BCUT2D eigenvalue weighted by Crippen LogP contribution is -2.56. The molecule has 0 aromatic heterocycles. The summed E-state index contributed by atoms with van der Waals surface area (Å²) in [4.78, 5) is 24.9. The summed E-state index contributed by atoms with van der Waals surface area (Å²) in [6.07, 6.45) is -5.07. The predicted octanol–water partition coefficient (Wildman–Crippen LogP) is 0.327. The van der Waals surface area contributed by atoms with E-state index in [9.17, 15) is 31.2 Å². The molecule has 0 saturated carbocycles. The van der Waals surface area contributed by atoms with Crippen molar-refractivity contribution in [3.63, 3.8) is 0 Å². The van der Waals surface area contributed by atoms with Crippen LogP contribution in [0.4, 0.5) is 13.2 Å². The van der Waals surface area contributed by atoms with Crippen LogP contribution in [0.25, 0.3) is 0 Å². The van der Waals surface area contributed by atoms with Crippen LogP contribution >= 0.6 is 0 Å². The number of hydrogen-bond acceptors (Lipinski definition) is 6. The van der Waals surface area contributed by atoms with Gasteiger partial charge in [0.2, 0.25) is 10.0 Å². The zero-order valence-corrected chi connectivity index (χ0v) is 15.6. The van der Waals surface area contributed by atoms with E-state index in [4.69, 9.17) is 0 Å². The minimum Gasteiger partial charge on any atom is -0.366 e. The van der Waals surface area contributed by atoms with Gasteiger partial charge in [0, 0.05) is 5.70 Å². The maximum Gasteiger partial charge on any atom is 0.406 e. The summed E-state index contributed by atoms with van der Waals surface area (Å²) in [5.74, 6) is -3.45. The van der Waals surface area contributed by atoms with Crippen molar-refractivity contribution < 1.29 is 31.2 Å². The molecule has 0 radical (unpaired) electrons. The second kappa shape index (κ2) is 6.78. The highest BCUT2D eigenvalue weighted by Gasteiger charge is 2.58. The number of carbonyl (C=O) groups excluding carboxylic acids is 2. The molecule has 2 heterocycles. The van der Waals surface area contributed by atoms with E-state index in [1.165, 1.54) is 19.1 Å². The smallest absolute Gasteiger partial charge is 0.366 e. The van der Waals surface area contributed by atoms with Crippen molar-refractivity contribution in [1.29, 1.82) is 0 Å². The summed E-state index contributed by atoms with van der Waals surface area (Å²) in [5, 5.41) is 3.44. The summed E-state index contributed by atoms with van der Waals surface area (Å²) in [7, 11) is -3.96. The fourth-order valence-corrected chi connectivity index (χ4v) is 3.82. The van der Waals surface area contributed by atoms with Gasteiger partial charge in [-0.05, 0) is 12.5 Å². The number of hydrogen-bond donors (Lipinski definition) is 3. The largest absolute Gasteiger partial charge is 0.406 e. The highest BCUT2D eigenvalue weighted by Crippen LogP contribution is 2.41. The monoisotopic (exact) mass is 418 g/mol. The van der Waals surface area contributed by atoms with Gasteiger partial charge in [-0.2, -0.15) is 13.2 Å². The van der Waals surface area contributed by atoms with Crippen LogP contribution in [0.2, 0.25) is 0 Å². The van der Waals surface area contributed by atoms with Gasteiger partial charge < -0.3 is 5.32 Å². The fourth-order valence-electron chi connectivity index (χ4n) is 3.38. The summed E-state index contributed by atoms with van der Waals surface area (Å²) in [6, 6.07) is 5.79. The van der Waals surface area contributed by atoms with Gasteiger partial charge in [0.25, 0.3) is 11.8 Å². The molecular formula is C16H17F3N4O4S. The summed E-state index contributed by atoms with van der Waals surface area (Å²) in [6.45, 7) is 1.33. The van der Waals surface area contributed by atoms with Crippen LogP contribution in [-0.4, -0.2) is 49.9 Å². The highest BCUT2D eigenvalue weighted by molar-refractivity contribution is 7.89. The van der Waals surface area contributed by atoms with Crippen LogP contribution in [0.1, 0.15) is 18.4 Å². The Bertz CT molecular complexity index is 946. The van der Waals surface area contributed by atoms with Gasteiger partial charge in [0.15, 0.2) is 0 Å². The first kappa shape index (κ1) is 20.1. The molecule has 2 amide bonds. The average molecular weight is 418 g/mol. The summed E-state index contributed by atoms with van der Waals surface area (Å²) < 4.78 is 65.1. The third kappa shape index (κ3) is 3.69. The molecule has 0 bridgehead atoms. The van der Waals surface area contributed by atoms with Crippen molar-refractivity contribution in [3.8, 4) is 0 Å². The lowest BCUT2D eigenvalue weighted by molar-refractivity contribution is -0.161. The first-order valence-corrected chi connectivity index (χ1v) is 10.00. The molecule has 12 heteroatoms. The minimum absolute atomic E-state index is 0.0158. The van der Waals surface area contributed by atoms with Crippen LogP contribution in [0.3, 0.4) is 0 Å². The maximum atomic E-state index is 13.6. The molecule has 1 aromatic carbocycles. The van der Waals surface area contributed by atoms with Crippen molar-refractivity contribution in [2.75, 3.05) is 6.26 Å². The number of sulfonamides is 1. The standard InChI is InChI=1S/C16H17F3N4O4S/c1-8-10(14(24)22-28(2,26)27)15(25)23-13(20-8)11(9-6-4-3-5-7-9)12(21-23)16(17,18)19/h3-7,11-13,20-21H,1-2H3,(H,22,24). The quantitative estimate of drug-likeness (QED) is 0.611. The molecule has 2 aliphatic rings. The number of allylic oxidation sites excluding steroid dienone is 1. The molecular weight excluding hydrogens is 401 g/mol. The first-order chi connectivity index (χ1) is 12.9. The lowest BCUT2D eigenvalue weighted by atomic mass is 9.89. The Balaban J connectivity index is 2.02. The van der Waals surface area contributed by atoms with Gasteiger partial charge in [0.1, 0.15) is 17.8 Å². The molecule has 1 saturated heterocycles. The fraction of sp³-hybridized carbons (Fsp3) is 0.375. The third-order valence-electron chi connectivity index (χ3n) is 4.47. The number of amides is 2. The summed E-state index contributed by atoms with van der Waals surface area (Å²) >= 11 is 0. The lowest BCUT2D eigenvalue weighted by Gasteiger charge is -2.34. The zero-order valence-electron chi connectivity index (χ0n) is 14.7. The number of hydrazine groups is 1. The molecule has 152 valence electrons.